The van der Waals surface area contributed by atoms with Crippen LogP contribution in [0.3, 0.4) is 0 Å². The molecule has 0 spiro atoms. The number of benzene rings is 1. The number of rotatable bonds is 5. The molecule has 1 aliphatic heterocycles. The maximum absolute atomic E-state index is 13.0. The van der Waals surface area contributed by atoms with Gasteiger partial charge in [-0.25, -0.2) is 0 Å². The molecule has 32 heavy (non-hydrogen) atoms. The third-order valence-electron chi connectivity index (χ3n) is 5.85. The zero-order chi connectivity index (χ0) is 22.8. The lowest BCUT2D eigenvalue weighted by Gasteiger charge is -2.27. The largest absolute Gasteiger partial charge is 0.337 e. The van der Waals surface area contributed by atoms with Gasteiger partial charge in [-0.15, -0.1) is 0 Å². The molecule has 1 fully saturated rings. The number of amides is 2. The number of hydrogen-bond donors (Lipinski definition) is 1. The summed E-state index contributed by atoms with van der Waals surface area (Å²) in [6, 6.07) is 7.34. The molecule has 1 aliphatic rings. The first kappa shape index (κ1) is 22.1. The molecular weight excluding hydrogens is 428 g/mol. The van der Waals surface area contributed by atoms with Crippen molar-refractivity contribution in [2.75, 3.05) is 18.4 Å². The minimum Gasteiger partial charge on any atom is -0.337 e. The van der Waals surface area contributed by atoms with Gasteiger partial charge in [0.25, 0.3) is 11.8 Å². The van der Waals surface area contributed by atoms with Gasteiger partial charge in [0.1, 0.15) is 5.69 Å². The highest BCUT2D eigenvalue weighted by molar-refractivity contribution is 6.31. The van der Waals surface area contributed by atoms with Crippen LogP contribution < -0.4 is 5.32 Å². The van der Waals surface area contributed by atoms with E-state index in [2.05, 4.69) is 15.5 Å². The van der Waals surface area contributed by atoms with E-state index in [1.165, 1.54) is 10.9 Å². The summed E-state index contributed by atoms with van der Waals surface area (Å²) in [5.41, 5.74) is 3.90. The summed E-state index contributed by atoms with van der Waals surface area (Å²) in [6.45, 7) is 5.76. The van der Waals surface area contributed by atoms with Gasteiger partial charge in [-0.05, 0) is 50.8 Å². The predicted molar refractivity (Wildman–Crippen MR) is 123 cm³/mol. The topological polar surface area (TPSA) is 85.0 Å². The van der Waals surface area contributed by atoms with E-state index in [0.29, 0.717) is 28.5 Å². The van der Waals surface area contributed by atoms with Crippen LogP contribution in [0, 0.1) is 13.8 Å². The number of carbonyl (C=O) groups is 2. The fourth-order valence-electron chi connectivity index (χ4n) is 4.04. The van der Waals surface area contributed by atoms with Gasteiger partial charge in [-0.3, -0.25) is 19.0 Å². The van der Waals surface area contributed by atoms with Crippen LogP contribution in [0.5, 0.6) is 0 Å². The summed E-state index contributed by atoms with van der Waals surface area (Å²) < 4.78 is 3.35. The van der Waals surface area contributed by atoms with Crippen molar-refractivity contribution in [3.8, 4) is 0 Å². The summed E-state index contributed by atoms with van der Waals surface area (Å²) in [5, 5.41) is 12.2. The van der Waals surface area contributed by atoms with Crippen LogP contribution in [0.1, 0.15) is 57.1 Å². The van der Waals surface area contributed by atoms with Crippen LogP contribution in [0.2, 0.25) is 5.02 Å². The molecule has 1 aromatic carbocycles. The SMILES string of the molecule is Cc1nn(Cc2cccc(C(=O)Nc3cnn(C)c3C(=O)N3CCCCC3)c2)c(C)c1Cl. The average Bonchev–Trinajstić information content (AvgIpc) is 3.28. The van der Waals surface area contributed by atoms with E-state index in [1.807, 2.05) is 41.6 Å². The molecule has 0 aliphatic carbocycles. The lowest BCUT2D eigenvalue weighted by molar-refractivity contribution is 0.0714. The maximum Gasteiger partial charge on any atom is 0.274 e. The summed E-state index contributed by atoms with van der Waals surface area (Å²) in [7, 11) is 1.72. The van der Waals surface area contributed by atoms with Gasteiger partial charge >= 0.3 is 0 Å². The third kappa shape index (κ3) is 4.41. The fraction of sp³-hybridized carbons (Fsp3) is 0.391. The van der Waals surface area contributed by atoms with Crippen LogP contribution >= 0.6 is 11.6 Å². The van der Waals surface area contributed by atoms with Gasteiger partial charge in [-0.1, -0.05) is 23.7 Å². The normalized spacial score (nSPS) is 13.9. The quantitative estimate of drug-likeness (QED) is 0.635. The molecule has 0 atom stereocenters. The summed E-state index contributed by atoms with van der Waals surface area (Å²) in [4.78, 5) is 27.8. The molecule has 1 saturated heterocycles. The molecule has 0 saturated carbocycles. The first-order valence-corrected chi connectivity index (χ1v) is 11.1. The second-order valence-electron chi connectivity index (χ2n) is 8.18. The Morgan fingerprint density at radius 1 is 1.16 bits per heavy atom. The van der Waals surface area contributed by atoms with E-state index in [0.717, 1.165) is 49.3 Å². The maximum atomic E-state index is 13.0. The van der Waals surface area contributed by atoms with Gasteiger partial charge < -0.3 is 10.2 Å². The second-order valence-corrected chi connectivity index (χ2v) is 8.56. The van der Waals surface area contributed by atoms with Crippen LogP contribution in [0.4, 0.5) is 5.69 Å². The highest BCUT2D eigenvalue weighted by atomic mass is 35.5. The Bertz CT molecular complexity index is 1160. The monoisotopic (exact) mass is 454 g/mol. The highest BCUT2D eigenvalue weighted by Gasteiger charge is 2.25. The first-order chi connectivity index (χ1) is 15.3. The van der Waals surface area contributed by atoms with E-state index in [9.17, 15) is 9.59 Å². The van der Waals surface area contributed by atoms with E-state index >= 15 is 0 Å². The zero-order valence-corrected chi connectivity index (χ0v) is 19.3. The van der Waals surface area contributed by atoms with Crippen molar-refractivity contribution in [1.82, 2.24) is 24.5 Å². The number of likely N-dealkylation sites (tertiary alicyclic amines) is 1. The molecule has 9 heteroatoms. The van der Waals surface area contributed by atoms with Crippen molar-refractivity contribution >= 4 is 29.1 Å². The number of nitrogens with one attached hydrogen (secondary N) is 1. The number of carbonyl (C=O) groups excluding carboxylic acids is 2. The Hall–Kier alpha value is -3.13. The van der Waals surface area contributed by atoms with E-state index in [1.54, 1.807) is 13.1 Å². The Kier molecular flexibility index (Phi) is 6.32. The van der Waals surface area contributed by atoms with Crippen molar-refractivity contribution in [1.29, 1.82) is 0 Å². The van der Waals surface area contributed by atoms with Crippen LogP contribution in [-0.2, 0) is 13.6 Å². The van der Waals surface area contributed by atoms with Gasteiger partial charge in [0.05, 0.1) is 34.8 Å². The molecule has 2 aromatic heterocycles. The minimum atomic E-state index is -0.293. The third-order valence-corrected chi connectivity index (χ3v) is 6.39. The molecule has 0 radical (unpaired) electrons. The van der Waals surface area contributed by atoms with Crippen molar-refractivity contribution in [2.45, 2.75) is 39.7 Å². The molecule has 1 N–H and O–H groups in total. The van der Waals surface area contributed by atoms with Crippen LogP contribution in [0.25, 0.3) is 0 Å². The van der Waals surface area contributed by atoms with Crippen molar-refractivity contribution in [3.63, 3.8) is 0 Å². The number of piperidine rings is 1. The predicted octanol–water partition coefficient (Wildman–Crippen LogP) is 3.81. The number of aromatic nitrogens is 4. The lowest BCUT2D eigenvalue weighted by Crippen LogP contribution is -2.37. The van der Waals surface area contributed by atoms with Gasteiger partial charge in [0.2, 0.25) is 0 Å². The number of aryl methyl sites for hydroxylation is 2. The lowest BCUT2D eigenvalue weighted by atomic mass is 10.1. The fourth-order valence-corrected chi connectivity index (χ4v) is 4.17. The molecule has 0 unspecified atom stereocenters. The van der Waals surface area contributed by atoms with Gasteiger partial charge in [0.15, 0.2) is 0 Å². The number of nitrogens with zero attached hydrogens (tertiary/aromatic N) is 5. The van der Waals surface area contributed by atoms with Crippen LogP contribution in [0.15, 0.2) is 30.5 Å². The molecule has 2 amide bonds. The summed E-state index contributed by atoms with van der Waals surface area (Å²) in [5.74, 6) is -0.394. The van der Waals surface area contributed by atoms with Crippen molar-refractivity contribution < 1.29 is 9.59 Å². The van der Waals surface area contributed by atoms with Crippen molar-refractivity contribution in [3.05, 3.63) is 63.7 Å². The molecule has 4 rings (SSSR count). The molecular formula is C23H27ClN6O2. The highest BCUT2D eigenvalue weighted by Crippen LogP contribution is 2.22. The molecule has 168 valence electrons. The molecule has 3 aromatic rings. The van der Waals surface area contributed by atoms with E-state index in [4.69, 9.17) is 11.6 Å². The smallest absolute Gasteiger partial charge is 0.274 e. The Morgan fingerprint density at radius 2 is 1.91 bits per heavy atom. The standard InChI is InChI=1S/C23H27ClN6O2/c1-15-20(24)16(2)30(27-15)14-17-8-7-9-18(12-17)22(31)26-19-13-25-28(3)21(19)23(32)29-10-5-4-6-11-29/h7-9,12-13H,4-6,10-11,14H2,1-3H3,(H,26,31). The van der Waals surface area contributed by atoms with Crippen LogP contribution in [-0.4, -0.2) is 49.4 Å². The Balaban J connectivity index is 1.52. The average molecular weight is 455 g/mol. The molecule has 3 heterocycles. The Morgan fingerprint density at radius 3 is 2.59 bits per heavy atom. The van der Waals surface area contributed by atoms with E-state index in [-0.39, 0.29) is 11.8 Å². The Labute approximate surface area is 192 Å². The molecule has 0 bridgehead atoms. The summed E-state index contributed by atoms with van der Waals surface area (Å²) >= 11 is 6.25. The summed E-state index contributed by atoms with van der Waals surface area (Å²) in [6.07, 6.45) is 4.66. The second kappa shape index (κ2) is 9.16. The number of halogens is 1. The zero-order valence-electron chi connectivity index (χ0n) is 18.6. The number of hydrogen-bond acceptors (Lipinski definition) is 4. The van der Waals surface area contributed by atoms with Gasteiger partial charge in [-0.2, -0.15) is 10.2 Å². The molecule has 8 nitrogen and oxygen atoms in total. The number of anilines is 1. The van der Waals surface area contributed by atoms with Crippen molar-refractivity contribution in [2.24, 2.45) is 7.05 Å². The van der Waals surface area contributed by atoms with Gasteiger partial charge in [0, 0.05) is 25.7 Å². The minimum absolute atomic E-state index is 0.102. The van der Waals surface area contributed by atoms with E-state index < -0.39 is 0 Å². The first-order valence-electron chi connectivity index (χ1n) is 10.8.